The monoisotopic (exact) mass is 601 g/mol. The Balaban J connectivity index is 0.971. The predicted molar refractivity (Wildman–Crippen MR) is 166 cm³/mol. The molecule has 7 rings (SSSR count). The fraction of sp³-hybridized carbons (Fsp3) is 0.382. The Morgan fingerprint density at radius 2 is 1.51 bits per heavy atom. The minimum atomic E-state index is -0.411. The van der Waals surface area contributed by atoms with Crippen LogP contribution in [0.25, 0.3) is 0 Å². The summed E-state index contributed by atoms with van der Waals surface area (Å²) in [6.07, 6.45) is 9.71. The van der Waals surface area contributed by atoms with Crippen molar-refractivity contribution in [2.75, 3.05) is 25.6 Å². The second kappa shape index (κ2) is 12.7. The number of hydrogen-bond acceptors (Lipinski definition) is 6. The average Bonchev–Trinajstić information content (AvgIpc) is 2.99. The third-order valence-electron chi connectivity index (χ3n) is 8.95. The number of anilines is 1. The first-order chi connectivity index (χ1) is 20.9. The Morgan fingerprint density at radius 3 is 2.16 bits per heavy atom. The number of carbonyl (C=O) groups is 2. The maximum atomic E-state index is 12.7. The van der Waals surface area contributed by atoms with Crippen molar-refractivity contribution >= 4 is 35.3 Å². The van der Waals surface area contributed by atoms with E-state index in [2.05, 4.69) is 28.0 Å². The Kier molecular flexibility index (Phi) is 8.56. The van der Waals surface area contributed by atoms with Gasteiger partial charge in [0.05, 0.1) is 13.3 Å². The molecule has 4 bridgehead atoms. The second-order valence-corrected chi connectivity index (χ2v) is 12.5. The summed E-state index contributed by atoms with van der Waals surface area (Å²) in [4.78, 5) is 24.7. The molecule has 4 fully saturated rings. The fourth-order valence-corrected chi connectivity index (χ4v) is 7.61. The molecule has 3 aromatic rings. The van der Waals surface area contributed by atoms with E-state index in [1.54, 1.807) is 42.5 Å². The highest BCUT2D eigenvalue weighted by Crippen LogP contribution is 2.60. The van der Waals surface area contributed by atoms with Gasteiger partial charge in [0.25, 0.3) is 11.8 Å². The van der Waals surface area contributed by atoms with Crippen LogP contribution in [0.15, 0.2) is 71.8 Å². The van der Waals surface area contributed by atoms with Crippen LogP contribution in [0.4, 0.5) is 5.69 Å². The highest BCUT2D eigenvalue weighted by atomic mass is 35.5. The van der Waals surface area contributed by atoms with Gasteiger partial charge in [-0.05, 0) is 127 Å². The summed E-state index contributed by atoms with van der Waals surface area (Å²) in [5, 5.41) is 7.49. The molecule has 4 aliphatic carbocycles. The molecule has 4 saturated carbocycles. The van der Waals surface area contributed by atoms with E-state index in [-0.39, 0.29) is 19.1 Å². The van der Waals surface area contributed by atoms with Crippen molar-refractivity contribution in [3.05, 3.63) is 82.9 Å². The third kappa shape index (κ3) is 6.96. The topological polar surface area (TPSA) is 98.2 Å². The molecular formula is C34H36ClN3O5. The summed E-state index contributed by atoms with van der Waals surface area (Å²) >= 11 is 5.85. The Hall–Kier alpha value is -4.04. The molecule has 224 valence electrons. The summed E-state index contributed by atoms with van der Waals surface area (Å²) in [5.41, 5.74) is 5.63. The number of hydrazone groups is 1. The maximum Gasteiger partial charge on any atom is 0.277 e. The third-order valence-corrected chi connectivity index (χ3v) is 9.20. The molecule has 0 aliphatic heterocycles. The van der Waals surface area contributed by atoms with Gasteiger partial charge in [0.2, 0.25) is 0 Å². The van der Waals surface area contributed by atoms with Crippen molar-refractivity contribution in [1.29, 1.82) is 0 Å². The van der Waals surface area contributed by atoms with Crippen molar-refractivity contribution in [1.82, 2.24) is 5.43 Å². The molecule has 0 unspecified atom stereocenters. The molecule has 43 heavy (non-hydrogen) atoms. The van der Waals surface area contributed by atoms with Crippen molar-refractivity contribution < 1.29 is 23.8 Å². The first kappa shape index (κ1) is 29.1. The summed E-state index contributed by atoms with van der Waals surface area (Å²) < 4.78 is 16.6. The van der Waals surface area contributed by atoms with Crippen molar-refractivity contribution in [3.63, 3.8) is 0 Å². The molecule has 0 spiro atoms. The minimum Gasteiger partial charge on any atom is -0.493 e. The molecule has 0 saturated heterocycles. The summed E-state index contributed by atoms with van der Waals surface area (Å²) in [6.45, 7) is -0.354. The van der Waals surface area contributed by atoms with Gasteiger partial charge < -0.3 is 19.5 Å². The summed E-state index contributed by atoms with van der Waals surface area (Å²) in [7, 11) is 1.52. The zero-order valence-corrected chi connectivity index (χ0v) is 24.9. The van der Waals surface area contributed by atoms with Gasteiger partial charge in [-0.2, -0.15) is 5.10 Å². The number of benzene rings is 3. The first-order valence-electron chi connectivity index (χ1n) is 14.8. The highest BCUT2D eigenvalue weighted by Gasteiger charge is 2.51. The standard InChI is InChI=1S/C34H36ClN3O5/c1-41-31-15-22(19-36-38-33(40)21-42-29-9-5-27(35)6-10-29)2-11-30(31)43-20-32(39)37-28-7-3-26(4-8-28)34-16-23-12-24(17-34)14-25(13-23)18-34/h2-11,15,19,23-25H,12-14,16-18,20-21H2,1H3,(H,37,39)(H,38,40)/b36-19-. The van der Waals surface area contributed by atoms with Gasteiger partial charge in [-0.15, -0.1) is 0 Å². The fourth-order valence-electron chi connectivity index (χ4n) is 7.49. The molecule has 0 heterocycles. The van der Waals surface area contributed by atoms with Gasteiger partial charge in [0, 0.05) is 10.7 Å². The number of amides is 2. The predicted octanol–water partition coefficient (Wildman–Crippen LogP) is 6.36. The molecule has 8 nitrogen and oxygen atoms in total. The van der Waals surface area contributed by atoms with Crippen molar-refractivity contribution in [2.45, 2.75) is 43.9 Å². The van der Waals surface area contributed by atoms with Crippen LogP contribution in [0.5, 0.6) is 17.2 Å². The molecular weight excluding hydrogens is 566 g/mol. The normalized spacial score (nSPS) is 23.6. The number of nitrogens with zero attached hydrogens (tertiary/aromatic N) is 1. The van der Waals surface area contributed by atoms with Crippen LogP contribution in [0, 0.1) is 17.8 Å². The van der Waals surface area contributed by atoms with E-state index >= 15 is 0 Å². The summed E-state index contributed by atoms with van der Waals surface area (Å²) in [6, 6.07) is 20.3. The lowest BCUT2D eigenvalue weighted by molar-refractivity contribution is -0.123. The number of nitrogens with one attached hydrogen (secondary N) is 2. The quantitative estimate of drug-likeness (QED) is 0.197. The molecule has 2 N–H and O–H groups in total. The van der Waals surface area contributed by atoms with Crippen molar-refractivity contribution in [3.8, 4) is 17.2 Å². The number of carbonyl (C=O) groups excluding carboxylic acids is 2. The summed E-state index contributed by atoms with van der Waals surface area (Å²) in [5.74, 6) is 3.42. The van der Waals surface area contributed by atoms with Crippen LogP contribution in [0.3, 0.4) is 0 Å². The molecule has 2 amide bonds. The lowest BCUT2D eigenvalue weighted by atomic mass is 9.48. The van der Waals surface area contributed by atoms with Crippen LogP contribution >= 0.6 is 11.6 Å². The van der Waals surface area contributed by atoms with Crippen LogP contribution in [0.1, 0.15) is 49.7 Å². The van der Waals surface area contributed by atoms with Gasteiger partial charge in [0.15, 0.2) is 24.7 Å². The zero-order valence-electron chi connectivity index (χ0n) is 24.2. The number of rotatable bonds is 11. The van der Waals surface area contributed by atoms with E-state index in [9.17, 15) is 9.59 Å². The van der Waals surface area contributed by atoms with E-state index in [4.69, 9.17) is 25.8 Å². The number of hydrogen-bond donors (Lipinski definition) is 2. The van der Waals surface area contributed by atoms with Gasteiger partial charge >= 0.3 is 0 Å². The van der Waals surface area contributed by atoms with Crippen LogP contribution in [0.2, 0.25) is 5.02 Å². The Bertz CT molecular complexity index is 1450. The number of methoxy groups -OCH3 is 1. The van der Waals surface area contributed by atoms with E-state index in [1.807, 2.05) is 12.1 Å². The number of ether oxygens (including phenoxy) is 3. The van der Waals surface area contributed by atoms with Crippen LogP contribution in [-0.2, 0) is 15.0 Å². The van der Waals surface area contributed by atoms with Gasteiger partial charge in [-0.3, -0.25) is 9.59 Å². The highest BCUT2D eigenvalue weighted by molar-refractivity contribution is 6.30. The van der Waals surface area contributed by atoms with E-state index in [0.29, 0.717) is 33.2 Å². The zero-order chi connectivity index (χ0) is 29.8. The number of halogens is 1. The lowest BCUT2D eigenvalue weighted by Crippen LogP contribution is -2.48. The second-order valence-electron chi connectivity index (χ2n) is 12.1. The van der Waals surface area contributed by atoms with Crippen LogP contribution < -0.4 is 25.0 Å². The van der Waals surface area contributed by atoms with Gasteiger partial charge in [-0.1, -0.05) is 23.7 Å². The van der Waals surface area contributed by atoms with Gasteiger partial charge in [0.1, 0.15) is 5.75 Å². The molecule has 0 aromatic heterocycles. The minimum absolute atomic E-state index is 0.162. The van der Waals surface area contributed by atoms with Crippen molar-refractivity contribution in [2.24, 2.45) is 22.9 Å². The molecule has 9 heteroatoms. The molecule has 3 aromatic carbocycles. The SMILES string of the molecule is COc1cc(/C=N\NC(=O)COc2ccc(Cl)cc2)ccc1OCC(=O)Nc1ccc(C23CC4CC(CC(C4)C2)C3)cc1. The van der Waals surface area contributed by atoms with Crippen LogP contribution in [-0.4, -0.2) is 38.4 Å². The largest absolute Gasteiger partial charge is 0.493 e. The molecule has 0 atom stereocenters. The van der Waals surface area contributed by atoms with E-state index in [1.165, 1.54) is 57.4 Å². The average molecular weight is 602 g/mol. The Labute approximate surface area is 256 Å². The van der Waals surface area contributed by atoms with E-state index < -0.39 is 5.91 Å². The molecule has 4 aliphatic rings. The first-order valence-corrected chi connectivity index (χ1v) is 15.2. The maximum absolute atomic E-state index is 12.7. The Morgan fingerprint density at radius 1 is 0.860 bits per heavy atom. The smallest absolute Gasteiger partial charge is 0.277 e. The van der Waals surface area contributed by atoms with Gasteiger partial charge in [-0.25, -0.2) is 5.43 Å². The lowest BCUT2D eigenvalue weighted by Gasteiger charge is -2.57. The molecule has 0 radical (unpaired) electrons. The van der Waals surface area contributed by atoms with E-state index in [0.717, 1.165) is 23.4 Å².